The van der Waals surface area contributed by atoms with Crippen molar-refractivity contribution >= 4 is 19.2 Å². The third kappa shape index (κ3) is 3.78. The summed E-state index contributed by atoms with van der Waals surface area (Å²) in [6.45, 7) is 12.8. The lowest BCUT2D eigenvalue weighted by Crippen LogP contribution is -2.31. The minimum atomic E-state index is -0.771. The van der Waals surface area contributed by atoms with Crippen LogP contribution in [0.5, 0.6) is 5.75 Å². The van der Waals surface area contributed by atoms with E-state index in [2.05, 4.69) is 79.5 Å². The average molecular weight is 318 g/mol. The minimum absolute atomic E-state index is 0.771. The van der Waals surface area contributed by atoms with Crippen molar-refractivity contribution in [3.63, 3.8) is 0 Å². The van der Waals surface area contributed by atoms with Crippen LogP contribution in [0.15, 0.2) is 42.5 Å². The zero-order valence-corrected chi connectivity index (χ0v) is 15.0. The van der Waals surface area contributed by atoms with Gasteiger partial charge in [-0.15, -0.1) is 0 Å². The molecule has 0 aliphatic rings. The second-order valence-corrected chi connectivity index (χ2v) is 6.92. The quantitative estimate of drug-likeness (QED) is 0.628. The Labute approximate surface area is 135 Å². The molecule has 0 aromatic heterocycles. The molecule has 0 saturated carbocycles. The maximum atomic E-state index is 6.53. The van der Waals surface area contributed by atoms with Gasteiger partial charge in [0.15, 0.2) is 0 Å². The van der Waals surface area contributed by atoms with Crippen molar-refractivity contribution in [1.29, 1.82) is 0 Å². The molecule has 0 unspecified atom stereocenters. The SMILES string of the molecule is CCN(CC)P(Oc1cccc2ccccc12)N(CC)CC. The molecule has 2 aromatic carbocycles. The molecule has 2 rings (SSSR count). The van der Waals surface area contributed by atoms with Crippen molar-refractivity contribution < 1.29 is 4.52 Å². The normalized spacial score (nSPS) is 11.8. The Bertz CT molecular complexity index is 565. The lowest BCUT2D eigenvalue weighted by molar-refractivity contribution is 0.361. The van der Waals surface area contributed by atoms with Gasteiger partial charge in [-0.3, -0.25) is 0 Å². The number of fused-ring (bicyclic) bond motifs is 1. The van der Waals surface area contributed by atoms with Crippen LogP contribution in [0, 0.1) is 0 Å². The summed E-state index contributed by atoms with van der Waals surface area (Å²) < 4.78 is 11.4. The highest BCUT2D eigenvalue weighted by atomic mass is 31.2. The van der Waals surface area contributed by atoms with Crippen LogP contribution in [0.2, 0.25) is 0 Å². The van der Waals surface area contributed by atoms with Crippen molar-refractivity contribution in [2.45, 2.75) is 27.7 Å². The molecule has 3 nitrogen and oxygen atoms in total. The lowest BCUT2D eigenvalue weighted by Gasteiger charge is -2.35. The first kappa shape index (κ1) is 17.2. The van der Waals surface area contributed by atoms with Crippen molar-refractivity contribution in [2.75, 3.05) is 26.2 Å². The second kappa shape index (κ2) is 8.47. The molecule has 4 heteroatoms. The molecule has 0 N–H and O–H groups in total. The smallest absolute Gasteiger partial charge is 0.248 e. The van der Waals surface area contributed by atoms with Gasteiger partial charge in [0.1, 0.15) is 5.75 Å². The number of hydrogen-bond donors (Lipinski definition) is 0. The Balaban J connectivity index is 2.36. The van der Waals surface area contributed by atoms with E-state index < -0.39 is 8.45 Å². The molecule has 0 amide bonds. The predicted molar refractivity (Wildman–Crippen MR) is 97.3 cm³/mol. The molecule has 0 radical (unpaired) electrons. The standard InChI is InChI=1S/C18H27N2OP/c1-5-19(6-2)22(20(7-3)8-4)21-18-15-11-13-16-12-9-10-14-17(16)18/h9-15H,5-8H2,1-4H3. The van der Waals surface area contributed by atoms with Gasteiger partial charge < -0.3 is 4.52 Å². The Morgan fingerprint density at radius 3 is 1.91 bits per heavy atom. The molecule has 0 heterocycles. The summed E-state index contributed by atoms with van der Waals surface area (Å²) in [7, 11) is -0.771. The second-order valence-electron chi connectivity index (χ2n) is 5.10. The van der Waals surface area contributed by atoms with Crippen LogP contribution in [-0.2, 0) is 0 Å². The molecule has 2 aromatic rings. The summed E-state index contributed by atoms with van der Waals surface area (Å²) in [5, 5.41) is 2.42. The van der Waals surface area contributed by atoms with E-state index in [0.717, 1.165) is 31.9 Å². The minimum Gasteiger partial charge on any atom is -0.444 e. The fourth-order valence-corrected chi connectivity index (χ4v) is 4.48. The van der Waals surface area contributed by atoms with Gasteiger partial charge in [-0.25, -0.2) is 9.34 Å². The van der Waals surface area contributed by atoms with E-state index in [9.17, 15) is 0 Å². The number of rotatable bonds is 8. The summed E-state index contributed by atoms with van der Waals surface area (Å²) in [6.07, 6.45) is 0. The highest BCUT2D eigenvalue weighted by Crippen LogP contribution is 2.46. The van der Waals surface area contributed by atoms with Gasteiger partial charge in [-0.1, -0.05) is 64.1 Å². The van der Waals surface area contributed by atoms with E-state index in [1.807, 2.05) is 0 Å². The predicted octanol–water partition coefficient (Wildman–Crippen LogP) is 5.13. The molecule has 0 saturated heterocycles. The van der Waals surface area contributed by atoms with Gasteiger partial charge in [0, 0.05) is 31.6 Å². The molecule has 0 aliphatic heterocycles. The van der Waals surface area contributed by atoms with E-state index >= 15 is 0 Å². The molecule has 0 aliphatic carbocycles. The van der Waals surface area contributed by atoms with E-state index in [-0.39, 0.29) is 0 Å². The van der Waals surface area contributed by atoms with Crippen LogP contribution in [0.25, 0.3) is 10.8 Å². The van der Waals surface area contributed by atoms with Crippen LogP contribution in [0.3, 0.4) is 0 Å². The zero-order chi connectivity index (χ0) is 15.9. The Kier molecular flexibility index (Phi) is 6.63. The monoisotopic (exact) mass is 318 g/mol. The Morgan fingerprint density at radius 1 is 0.773 bits per heavy atom. The molecular weight excluding hydrogens is 291 g/mol. The van der Waals surface area contributed by atoms with Gasteiger partial charge in [0.05, 0.1) is 0 Å². The third-order valence-electron chi connectivity index (χ3n) is 3.87. The first-order valence-corrected chi connectivity index (χ1v) is 9.37. The molecule has 0 bridgehead atoms. The zero-order valence-electron chi connectivity index (χ0n) is 14.1. The fraction of sp³-hybridized carbons (Fsp3) is 0.444. The van der Waals surface area contributed by atoms with Gasteiger partial charge in [-0.2, -0.15) is 0 Å². The third-order valence-corrected chi connectivity index (χ3v) is 6.33. The average Bonchev–Trinajstić information content (AvgIpc) is 2.57. The highest BCUT2D eigenvalue weighted by molar-refractivity contribution is 7.47. The van der Waals surface area contributed by atoms with Gasteiger partial charge in [-0.05, 0) is 11.5 Å². The lowest BCUT2D eigenvalue weighted by atomic mass is 10.1. The van der Waals surface area contributed by atoms with Crippen LogP contribution < -0.4 is 4.52 Å². The van der Waals surface area contributed by atoms with Crippen LogP contribution in [-0.4, -0.2) is 35.5 Å². The van der Waals surface area contributed by atoms with Crippen molar-refractivity contribution in [3.05, 3.63) is 42.5 Å². The molecular formula is C18H27N2OP. The summed E-state index contributed by atoms with van der Waals surface area (Å²) in [5.74, 6) is 0.989. The largest absolute Gasteiger partial charge is 0.444 e. The number of benzene rings is 2. The van der Waals surface area contributed by atoms with Gasteiger partial charge in [0.25, 0.3) is 0 Å². The topological polar surface area (TPSA) is 15.7 Å². The van der Waals surface area contributed by atoms with Crippen LogP contribution >= 0.6 is 8.45 Å². The maximum Gasteiger partial charge on any atom is 0.248 e. The summed E-state index contributed by atoms with van der Waals surface area (Å²) >= 11 is 0. The molecule has 0 spiro atoms. The van der Waals surface area contributed by atoms with Crippen molar-refractivity contribution in [1.82, 2.24) is 9.34 Å². The summed E-state index contributed by atoms with van der Waals surface area (Å²) in [4.78, 5) is 0. The first-order valence-electron chi connectivity index (χ1n) is 8.20. The maximum absolute atomic E-state index is 6.53. The summed E-state index contributed by atoms with van der Waals surface area (Å²) in [6, 6.07) is 14.7. The van der Waals surface area contributed by atoms with Gasteiger partial charge >= 0.3 is 0 Å². The Morgan fingerprint density at radius 2 is 1.32 bits per heavy atom. The van der Waals surface area contributed by atoms with Crippen molar-refractivity contribution in [2.24, 2.45) is 0 Å². The molecule has 120 valence electrons. The van der Waals surface area contributed by atoms with E-state index in [0.29, 0.717) is 0 Å². The van der Waals surface area contributed by atoms with E-state index in [4.69, 9.17) is 4.52 Å². The fourth-order valence-electron chi connectivity index (χ4n) is 2.59. The Hall–Kier alpha value is -1.15. The highest BCUT2D eigenvalue weighted by Gasteiger charge is 2.25. The molecule has 0 fully saturated rings. The molecule has 22 heavy (non-hydrogen) atoms. The first-order chi connectivity index (χ1) is 10.7. The van der Waals surface area contributed by atoms with Crippen LogP contribution in [0.4, 0.5) is 0 Å². The van der Waals surface area contributed by atoms with Crippen molar-refractivity contribution in [3.8, 4) is 5.75 Å². The van der Waals surface area contributed by atoms with Gasteiger partial charge in [0.2, 0.25) is 8.45 Å². The summed E-state index contributed by atoms with van der Waals surface area (Å²) in [5.41, 5.74) is 0. The van der Waals surface area contributed by atoms with E-state index in [1.54, 1.807) is 0 Å². The number of hydrogen-bond acceptors (Lipinski definition) is 3. The number of nitrogens with zero attached hydrogens (tertiary/aromatic N) is 2. The molecule has 0 atom stereocenters. The van der Waals surface area contributed by atoms with Crippen LogP contribution in [0.1, 0.15) is 27.7 Å². The van der Waals surface area contributed by atoms with E-state index in [1.165, 1.54) is 10.8 Å².